The van der Waals surface area contributed by atoms with Gasteiger partial charge in [-0.2, -0.15) is 0 Å². The number of halogens is 1. The van der Waals surface area contributed by atoms with Crippen molar-refractivity contribution in [3.05, 3.63) is 28.8 Å². The van der Waals surface area contributed by atoms with Crippen LogP contribution in [-0.4, -0.2) is 24.6 Å². The molecule has 5 heteroatoms. The Labute approximate surface area is 125 Å². The minimum absolute atomic E-state index is 0.118. The molecular weight excluding hydrogens is 276 g/mol. The van der Waals surface area contributed by atoms with Gasteiger partial charge in [-0.15, -0.1) is 0 Å². The molecular formula is C15H23ClN2O2. The average Bonchev–Trinajstić information content (AvgIpc) is 2.41. The van der Waals surface area contributed by atoms with Gasteiger partial charge in [0.15, 0.2) is 6.10 Å². The van der Waals surface area contributed by atoms with Crippen LogP contribution in [0.4, 0.5) is 0 Å². The summed E-state index contributed by atoms with van der Waals surface area (Å²) in [5, 5.41) is 3.53. The molecule has 0 radical (unpaired) electrons. The first-order chi connectivity index (χ1) is 9.47. The Morgan fingerprint density at radius 1 is 1.45 bits per heavy atom. The second-order valence-electron chi connectivity index (χ2n) is 4.87. The second-order valence-corrected chi connectivity index (χ2v) is 5.31. The molecule has 20 heavy (non-hydrogen) atoms. The van der Waals surface area contributed by atoms with Crippen LogP contribution in [0, 0.1) is 0 Å². The first-order valence-electron chi connectivity index (χ1n) is 6.93. The molecule has 0 aliphatic heterocycles. The summed E-state index contributed by atoms with van der Waals surface area (Å²) in [6.07, 6.45) is 0.995. The number of carbonyl (C=O) groups excluding carboxylic acids is 1. The number of nitrogens with two attached hydrogens (primary N) is 1. The van der Waals surface area contributed by atoms with Crippen molar-refractivity contribution in [3.8, 4) is 5.75 Å². The smallest absolute Gasteiger partial charge is 0.260 e. The number of carbonyl (C=O) groups is 1. The third-order valence-corrected chi connectivity index (χ3v) is 3.35. The highest BCUT2D eigenvalue weighted by Crippen LogP contribution is 2.24. The molecule has 0 aromatic heterocycles. The van der Waals surface area contributed by atoms with E-state index in [-0.39, 0.29) is 11.9 Å². The van der Waals surface area contributed by atoms with Gasteiger partial charge in [0.25, 0.3) is 5.91 Å². The highest BCUT2D eigenvalue weighted by molar-refractivity contribution is 6.30. The van der Waals surface area contributed by atoms with E-state index < -0.39 is 6.10 Å². The Kier molecular flexibility index (Phi) is 6.82. The Morgan fingerprint density at radius 3 is 2.75 bits per heavy atom. The van der Waals surface area contributed by atoms with Crippen LogP contribution in [0.5, 0.6) is 5.75 Å². The zero-order chi connectivity index (χ0) is 15.1. The molecule has 3 N–H and O–H groups in total. The lowest BCUT2D eigenvalue weighted by atomic mass is 10.1. The molecule has 1 amide bonds. The molecule has 0 fully saturated rings. The van der Waals surface area contributed by atoms with Crippen LogP contribution >= 0.6 is 11.6 Å². The third kappa shape index (κ3) is 5.02. The molecule has 1 rings (SSSR count). The number of hydrogen-bond acceptors (Lipinski definition) is 3. The van der Waals surface area contributed by atoms with Gasteiger partial charge in [0.2, 0.25) is 0 Å². The van der Waals surface area contributed by atoms with Crippen molar-refractivity contribution in [1.82, 2.24) is 5.32 Å². The number of ether oxygens (including phenoxy) is 1. The van der Waals surface area contributed by atoms with Gasteiger partial charge in [-0.25, -0.2) is 0 Å². The fraction of sp³-hybridized carbons (Fsp3) is 0.533. The van der Waals surface area contributed by atoms with Gasteiger partial charge < -0.3 is 15.8 Å². The summed E-state index contributed by atoms with van der Waals surface area (Å²) < 4.78 is 5.73. The number of amides is 1. The fourth-order valence-electron chi connectivity index (χ4n) is 1.72. The van der Waals surface area contributed by atoms with Crippen LogP contribution in [-0.2, 0) is 11.2 Å². The molecule has 0 aliphatic carbocycles. The number of benzene rings is 1. The summed E-state index contributed by atoms with van der Waals surface area (Å²) in [7, 11) is 0. The van der Waals surface area contributed by atoms with Crippen LogP contribution in [0.15, 0.2) is 18.2 Å². The number of rotatable bonds is 7. The maximum absolute atomic E-state index is 12.0. The highest BCUT2D eigenvalue weighted by atomic mass is 35.5. The summed E-state index contributed by atoms with van der Waals surface area (Å²) in [5.41, 5.74) is 6.50. The average molecular weight is 299 g/mol. The van der Waals surface area contributed by atoms with Crippen molar-refractivity contribution < 1.29 is 9.53 Å². The maximum atomic E-state index is 12.0. The van der Waals surface area contributed by atoms with Crippen LogP contribution in [0.2, 0.25) is 5.02 Å². The largest absolute Gasteiger partial charge is 0.481 e. The Hall–Kier alpha value is -1.26. The van der Waals surface area contributed by atoms with Crippen molar-refractivity contribution in [1.29, 1.82) is 0 Å². The topological polar surface area (TPSA) is 64.3 Å². The van der Waals surface area contributed by atoms with E-state index in [0.29, 0.717) is 23.7 Å². The second kappa shape index (κ2) is 8.12. The monoisotopic (exact) mass is 298 g/mol. The van der Waals surface area contributed by atoms with Gasteiger partial charge in [0.05, 0.1) is 0 Å². The lowest BCUT2D eigenvalue weighted by molar-refractivity contribution is -0.127. The fourth-order valence-corrected chi connectivity index (χ4v) is 1.91. The number of nitrogens with one attached hydrogen (secondary N) is 1. The molecule has 0 spiro atoms. The van der Waals surface area contributed by atoms with Crippen LogP contribution < -0.4 is 15.8 Å². The standard InChI is InChI=1S/C15H23ClN2O2/c1-4-10(2)18-15(19)11(3)20-14-6-5-13(16)9-12(14)7-8-17/h5-6,9-11H,4,7-8,17H2,1-3H3,(H,18,19). The summed E-state index contributed by atoms with van der Waals surface area (Å²) >= 11 is 5.96. The quantitative estimate of drug-likeness (QED) is 0.813. The van der Waals surface area contributed by atoms with Crippen molar-refractivity contribution in [2.45, 2.75) is 45.8 Å². The van der Waals surface area contributed by atoms with Crippen molar-refractivity contribution in [2.24, 2.45) is 5.73 Å². The normalized spacial score (nSPS) is 13.7. The SMILES string of the molecule is CCC(C)NC(=O)C(C)Oc1ccc(Cl)cc1CCN. The Bertz CT molecular complexity index is 451. The molecule has 2 atom stereocenters. The lowest BCUT2D eigenvalue weighted by Crippen LogP contribution is -2.41. The summed E-state index contributed by atoms with van der Waals surface area (Å²) in [4.78, 5) is 12.0. The van der Waals surface area contributed by atoms with E-state index in [1.807, 2.05) is 19.9 Å². The van der Waals surface area contributed by atoms with Crippen LogP contribution in [0.1, 0.15) is 32.8 Å². The lowest BCUT2D eigenvalue weighted by Gasteiger charge is -2.19. The van der Waals surface area contributed by atoms with Gasteiger partial charge in [-0.1, -0.05) is 18.5 Å². The van der Waals surface area contributed by atoms with E-state index in [0.717, 1.165) is 12.0 Å². The van der Waals surface area contributed by atoms with E-state index in [9.17, 15) is 4.79 Å². The van der Waals surface area contributed by atoms with Gasteiger partial charge in [0, 0.05) is 11.1 Å². The Balaban J connectivity index is 2.74. The summed E-state index contributed by atoms with van der Waals surface area (Å²) in [6.45, 7) is 6.23. The molecule has 0 aliphatic rings. The minimum atomic E-state index is -0.554. The van der Waals surface area contributed by atoms with Crippen molar-refractivity contribution in [2.75, 3.05) is 6.54 Å². The molecule has 112 valence electrons. The van der Waals surface area contributed by atoms with Crippen LogP contribution in [0.25, 0.3) is 0 Å². The summed E-state index contributed by atoms with van der Waals surface area (Å²) in [5.74, 6) is 0.541. The molecule has 0 heterocycles. The van der Waals surface area contributed by atoms with E-state index >= 15 is 0 Å². The van der Waals surface area contributed by atoms with Gasteiger partial charge >= 0.3 is 0 Å². The predicted octanol–water partition coefficient (Wildman–Crippen LogP) is 2.52. The van der Waals surface area contributed by atoms with E-state index in [1.165, 1.54) is 0 Å². The van der Waals surface area contributed by atoms with Crippen molar-refractivity contribution >= 4 is 17.5 Å². The summed E-state index contributed by atoms with van der Waals surface area (Å²) in [6, 6.07) is 5.49. The number of hydrogen-bond donors (Lipinski definition) is 2. The predicted molar refractivity (Wildman–Crippen MR) is 82.2 cm³/mol. The molecule has 0 bridgehead atoms. The minimum Gasteiger partial charge on any atom is -0.481 e. The van der Waals surface area contributed by atoms with Crippen LogP contribution in [0.3, 0.4) is 0 Å². The highest BCUT2D eigenvalue weighted by Gasteiger charge is 2.17. The van der Waals surface area contributed by atoms with Gasteiger partial charge in [-0.05, 0) is 57.0 Å². The van der Waals surface area contributed by atoms with Gasteiger partial charge in [-0.3, -0.25) is 4.79 Å². The third-order valence-electron chi connectivity index (χ3n) is 3.11. The zero-order valence-corrected chi connectivity index (χ0v) is 13.0. The van der Waals surface area contributed by atoms with Crippen molar-refractivity contribution in [3.63, 3.8) is 0 Å². The van der Waals surface area contributed by atoms with E-state index in [1.54, 1.807) is 19.1 Å². The first-order valence-corrected chi connectivity index (χ1v) is 7.31. The molecule has 0 saturated heterocycles. The molecule has 1 aromatic rings. The molecule has 2 unspecified atom stereocenters. The molecule has 0 saturated carbocycles. The maximum Gasteiger partial charge on any atom is 0.260 e. The van der Waals surface area contributed by atoms with E-state index in [4.69, 9.17) is 22.1 Å². The van der Waals surface area contributed by atoms with Gasteiger partial charge in [0.1, 0.15) is 5.75 Å². The molecule has 4 nitrogen and oxygen atoms in total. The zero-order valence-electron chi connectivity index (χ0n) is 12.3. The molecule has 1 aromatic carbocycles. The Morgan fingerprint density at radius 2 is 2.15 bits per heavy atom. The van der Waals surface area contributed by atoms with E-state index in [2.05, 4.69) is 5.32 Å². The first kappa shape index (κ1) is 16.8.